The van der Waals surface area contributed by atoms with Gasteiger partial charge in [0.1, 0.15) is 29.5 Å². The van der Waals surface area contributed by atoms with Crippen LogP contribution in [-0.4, -0.2) is 58.6 Å². The molecule has 1 fully saturated rings. The van der Waals surface area contributed by atoms with Crippen LogP contribution in [0.5, 0.6) is 11.5 Å². The number of aryl methyl sites for hydroxylation is 2. The number of carbonyl (C=O) groups is 1. The molecule has 0 spiro atoms. The average Bonchev–Trinajstić information content (AvgIpc) is 3.10. The number of amides is 1. The first-order valence-electron chi connectivity index (χ1n) is 11.7. The Morgan fingerprint density at radius 3 is 2.74 bits per heavy atom. The lowest BCUT2D eigenvalue weighted by molar-refractivity contribution is -0.131. The molecule has 0 unspecified atom stereocenters. The second-order valence-corrected chi connectivity index (χ2v) is 8.58. The van der Waals surface area contributed by atoms with Crippen molar-refractivity contribution in [2.45, 2.75) is 20.3 Å². The Kier molecular flexibility index (Phi) is 6.58. The van der Waals surface area contributed by atoms with Gasteiger partial charge in [-0.2, -0.15) is 0 Å². The largest absolute Gasteiger partial charge is 0.455 e. The van der Waals surface area contributed by atoms with Crippen LogP contribution in [0.25, 0.3) is 6.08 Å². The molecule has 0 aliphatic carbocycles. The molecule has 4 heterocycles. The molecule has 1 saturated heterocycles. The highest BCUT2D eigenvalue weighted by molar-refractivity contribution is 6.00. The molecule has 35 heavy (non-hydrogen) atoms. The number of pyridine rings is 1. The molecular weight excluding hydrogens is 444 g/mol. The van der Waals surface area contributed by atoms with E-state index in [0.29, 0.717) is 56.7 Å². The van der Waals surface area contributed by atoms with Gasteiger partial charge in [0, 0.05) is 36.6 Å². The van der Waals surface area contributed by atoms with Gasteiger partial charge in [0.25, 0.3) is 0 Å². The van der Waals surface area contributed by atoms with Crippen LogP contribution in [-0.2, 0) is 9.53 Å². The highest BCUT2D eigenvalue weighted by Crippen LogP contribution is 2.32. The van der Waals surface area contributed by atoms with Gasteiger partial charge >= 0.3 is 0 Å². The van der Waals surface area contributed by atoms with Crippen molar-refractivity contribution in [1.29, 1.82) is 0 Å². The minimum Gasteiger partial charge on any atom is -0.455 e. The Balaban J connectivity index is 1.38. The number of benzene rings is 1. The van der Waals surface area contributed by atoms with Crippen molar-refractivity contribution in [3.05, 3.63) is 65.2 Å². The normalized spacial score (nSPS) is 15.4. The number of anilines is 3. The van der Waals surface area contributed by atoms with Gasteiger partial charge in [-0.05, 0) is 62.2 Å². The number of fused-ring (bicyclic) bond motifs is 1. The number of aromatic nitrogens is 3. The molecule has 0 bridgehead atoms. The summed E-state index contributed by atoms with van der Waals surface area (Å²) in [6.07, 6.45) is 5.76. The van der Waals surface area contributed by atoms with Crippen LogP contribution in [0.4, 0.5) is 17.3 Å². The summed E-state index contributed by atoms with van der Waals surface area (Å²) in [6.45, 7) is 6.92. The molecule has 0 atom stereocenters. The molecule has 180 valence electrons. The lowest BCUT2D eigenvalue weighted by atomic mass is 10.1. The van der Waals surface area contributed by atoms with E-state index in [0.717, 1.165) is 33.8 Å². The third-order valence-corrected chi connectivity index (χ3v) is 6.01. The van der Waals surface area contributed by atoms with Gasteiger partial charge in [0.05, 0.1) is 25.0 Å². The summed E-state index contributed by atoms with van der Waals surface area (Å²) in [6, 6.07) is 9.67. The van der Waals surface area contributed by atoms with Gasteiger partial charge in [-0.25, -0.2) is 9.97 Å². The molecule has 2 N–H and O–H groups in total. The van der Waals surface area contributed by atoms with E-state index < -0.39 is 0 Å². The number of hydrogen-bond donors (Lipinski definition) is 2. The average molecular weight is 473 g/mol. The van der Waals surface area contributed by atoms with E-state index in [4.69, 9.17) is 9.47 Å². The number of ether oxygens (including phenoxy) is 2. The van der Waals surface area contributed by atoms with Gasteiger partial charge in [0.15, 0.2) is 0 Å². The summed E-state index contributed by atoms with van der Waals surface area (Å²) in [4.78, 5) is 28.1. The molecule has 9 heteroatoms. The van der Waals surface area contributed by atoms with Crippen molar-refractivity contribution in [1.82, 2.24) is 19.9 Å². The number of hydrogen-bond acceptors (Lipinski definition) is 8. The van der Waals surface area contributed by atoms with Gasteiger partial charge in [-0.3, -0.25) is 9.78 Å². The first-order valence-corrected chi connectivity index (χ1v) is 11.7. The zero-order valence-electron chi connectivity index (χ0n) is 19.9. The van der Waals surface area contributed by atoms with Crippen molar-refractivity contribution in [2.75, 3.05) is 43.5 Å². The van der Waals surface area contributed by atoms with Crippen molar-refractivity contribution in [2.24, 2.45) is 0 Å². The molecule has 2 aliphatic rings. The summed E-state index contributed by atoms with van der Waals surface area (Å²) in [5.41, 5.74) is 4.27. The summed E-state index contributed by atoms with van der Waals surface area (Å²) < 4.78 is 11.4. The Hall–Kier alpha value is -3.98. The van der Waals surface area contributed by atoms with Crippen LogP contribution in [0.3, 0.4) is 0 Å². The molecule has 2 aliphatic heterocycles. The smallest absolute Gasteiger partial charge is 0.250 e. The zero-order chi connectivity index (χ0) is 24.2. The first-order chi connectivity index (χ1) is 17.1. The number of rotatable bonds is 5. The lowest BCUT2D eigenvalue weighted by Crippen LogP contribution is -2.41. The molecule has 9 nitrogen and oxygen atoms in total. The molecular formula is C26H28N6O3. The maximum Gasteiger partial charge on any atom is 0.250 e. The summed E-state index contributed by atoms with van der Waals surface area (Å²) in [7, 11) is 0. The van der Waals surface area contributed by atoms with Gasteiger partial charge < -0.3 is 25.0 Å². The van der Waals surface area contributed by atoms with E-state index in [1.807, 2.05) is 55.2 Å². The standard InChI is InChI=1S/C26H28N6O3/c1-17-13-20(4-6-23(17)35-21-5-3-18(2)28-15-21)31-25-22-14-19(7-8-27-24(22)29-16-30-25)26(33)32-9-11-34-12-10-32/h3-6,13-16H,7-12H2,1-2H3,(H2,27,29,30,31). The van der Waals surface area contributed by atoms with Gasteiger partial charge in [0.2, 0.25) is 5.91 Å². The fourth-order valence-electron chi connectivity index (χ4n) is 4.09. The number of morpholine rings is 1. The van der Waals surface area contributed by atoms with Crippen LogP contribution in [0, 0.1) is 13.8 Å². The third kappa shape index (κ3) is 5.25. The fraction of sp³-hybridized carbons (Fsp3) is 0.308. The second-order valence-electron chi connectivity index (χ2n) is 8.58. The van der Waals surface area contributed by atoms with E-state index in [-0.39, 0.29) is 5.91 Å². The first kappa shape index (κ1) is 22.8. The maximum atomic E-state index is 13.1. The van der Waals surface area contributed by atoms with E-state index in [9.17, 15) is 4.79 Å². The summed E-state index contributed by atoms with van der Waals surface area (Å²) >= 11 is 0. The molecule has 0 saturated carbocycles. The van der Waals surface area contributed by atoms with Crippen LogP contribution in [0.15, 0.2) is 48.4 Å². The predicted molar refractivity (Wildman–Crippen MR) is 134 cm³/mol. The van der Waals surface area contributed by atoms with Gasteiger partial charge in [-0.15, -0.1) is 0 Å². The molecule has 2 aromatic heterocycles. The minimum absolute atomic E-state index is 0.0423. The van der Waals surface area contributed by atoms with Crippen LogP contribution in [0.2, 0.25) is 0 Å². The van der Waals surface area contributed by atoms with Crippen LogP contribution in [0.1, 0.15) is 23.2 Å². The monoisotopic (exact) mass is 472 g/mol. The second kappa shape index (κ2) is 10.1. The predicted octanol–water partition coefficient (Wildman–Crippen LogP) is 4.08. The van der Waals surface area contributed by atoms with Crippen molar-refractivity contribution < 1.29 is 14.3 Å². The van der Waals surface area contributed by atoms with Crippen molar-refractivity contribution in [3.8, 4) is 11.5 Å². The van der Waals surface area contributed by atoms with Gasteiger partial charge in [-0.1, -0.05) is 0 Å². The third-order valence-electron chi connectivity index (χ3n) is 6.01. The summed E-state index contributed by atoms with van der Waals surface area (Å²) in [5, 5.41) is 6.72. The Bertz CT molecular complexity index is 1250. The molecule has 0 radical (unpaired) electrons. The lowest BCUT2D eigenvalue weighted by Gasteiger charge is -2.27. The summed E-state index contributed by atoms with van der Waals surface area (Å²) in [5.74, 6) is 2.82. The Morgan fingerprint density at radius 2 is 1.97 bits per heavy atom. The highest BCUT2D eigenvalue weighted by atomic mass is 16.5. The zero-order valence-corrected chi connectivity index (χ0v) is 19.9. The fourth-order valence-corrected chi connectivity index (χ4v) is 4.09. The maximum absolute atomic E-state index is 13.1. The van der Waals surface area contributed by atoms with Crippen LogP contribution < -0.4 is 15.4 Å². The molecule has 5 rings (SSSR count). The van der Waals surface area contributed by atoms with E-state index in [2.05, 4.69) is 25.6 Å². The molecule has 1 aromatic carbocycles. The molecule has 1 amide bonds. The number of nitrogens with one attached hydrogen (secondary N) is 2. The Morgan fingerprint density at radius 1 is 1.11 bits per heavy atom. The van der Waals surface area contributed by atoms with Crippen molar-refractivity contribution in [3.63, 3.8) is 0 Å². The van der Waals surface area contributed by atoms with E-state index in [1.54, 1.807) is 6.20 Å². The number of carbonyl (C=O) groups excluding carboxylic acids is 1. The van der Waals surface area contributed by atoms with Crippen LogP contribution >= 0.6 is 0 Å². The van der Waals surface area contributed by atoms with E-state index in [1.165, 1.54) is 6.33 Å². The SMILES string of the molecule is Cc1ccc(Oc2ccc(Nc3ncnc4c3C=C(C(=O)N3CCOCC3)CCN4)cc2C)cn1. The minimum atomic E-state index is 0.0423. The quantitative estimate of drug-likeness (QED) is 0.573. The number of nitrogens with zero attached hydrogens (tertiary/aromatic N) is 4. The molecule has 3 aromatic rings. The van der Waals surface area contributed by atoms with Crippen molar-refractivity contribution >= 4 is 29.3 Å². The topological polar surface area (TPSA) is 102 Å². The Labute approximate surface area is 204 Å². The highest BCUT2D eigenvalue weighted by Gasteiger charge is 2.23. The van der Waals surface area contributed by atoms with E-state index >= 15 is 0 Å².